The van der Waals surface area contributed by atoms with Gasteiger partial charge in [0, 0.05) is 46.7 Å². The molecule has 0 radical (unpaired) electrons. The Labute approximate surface area is 280 Å². The van der Waals surface area contributed by atoms with Gasteiger partial charge in [-0.15, -0.1) is 0 Å². The van der Waals surface area contributed by atoms with Crippen LogP contribution in [0.4, 0.5) is 0 Å². The van der Waals surface area contributed by atoms with Crippen molar-refractivity contribution in [1.29, 1.82) is 0 Å². The summed E-state index contributed by atoms with van der Waals surface area (Å²) in [6, 6.07) is 36.8. The third-order valence-corrected chi connectivity index (χ3v) is 9.47. The Bertz CT molecular complexity index is 2500. The summed E-state index contributed by atoms with van der Waals surface area (Å²) < 4.78 is 2.32. The van der Waals surface area contributed by atoms with Crippen LogP contribution in [-0.2, 0) is 0 Å². The fourth-order valence-corrected chi connectivity index (χ4v) is 7.11. The normalized spacial score (nSPS) is 16.2. The van der Waals surface area contributed by atoms with E-state index in [0.717, 1.165) is 50.4 Å². The van der Waals surface area contributed by atoms with Gasteiger partial charge in [-0.2, -0.15) is 0 Å². The molecule has 4 heterocycles. The smallest absolute Gasteiger partial charge is 0.0895 e. The molecule has 0 fully saturated rings. The summed E-state index contributed by atoms with van der Waals surface area (Å²) in [6.45, 7) is 6.43. The molecule has 4 heteroatoms. The highest BCUT2D eigenvalue weighted by atomic mass is 15.0. The van der Waals surface area contributed by atoms with Gasteiger partial charge in [0.1, 0.15) is 0 Å². The molecule has 2 atom stereocenters. The second-order valence-electron chi connectivity index (χ2n) is 12.5. The minimum atomic E-state index is 0.156. The molecule has 4 nitrogen and oxygen atoms in total. The molecule has 0 bridgehead atoms. The number of benzene rings is 3. The Morgan fingerprint density at radius 3 is 2.23 bits per heavy atom. The largest absolute Gasteiger partial charge is 0.309 e. The molecule has 0 aliphatic heterocycles. The van der Waals surface area contributed by atoms with Gasteiger partial charge in [0.25, 0.3) is 0 Å². The fourth-order valence-electron chi connectivity index (χ4n) is 7.11. The van der Waals surface area contributed by atoms with Crippen LogP contribution in [-0.4, -0.2) is 19.5 Å². The number of allylic oxidation sites excluding steroid dienone is 4. The van der Waals surface area contributed by atoms with Crippen LogP contribution >= 0.6 is 0 Å². The van der Waals surface area contributed by atoms with Gasteiger partial charge in [0.05, 0.1) is 22.4 Å². The lowest BCUT2D eigenvalue weighted by Gasteiger charge is -2.22. The Morgan fingerprint density at radius 2 is 1.44 bits per heavy atom. The van der Waals surface area contributed by atoms with E-state index in [9.17, 15) is 0 Å². The van der Waals surface area contributed by atoms with Crippen LogP contribution in [0.5, 0.6) is 0 Å². The first kappa shape index (κ1) is 29.5. The number of hydrogen-bond acceptors (Lipinski definition) is 3. The van der Waals surface area contributed by atoms with Crippen molar-refractivity contribution >= 4 is 39.7 Å². The summed E-state index contributed by atoms with van der Waals surface area (Å²) in [6.07, 6.45) is 16.8. The van der Waals surface area contributed by atoms with Crippen LogP contribution in [0.1, 0.15) is 32.4 Å². The molecule has 1 aliphatic rings. The zero-order chi connectivity index (χ0) is 32.6. The lowest BCUT2D eigenvalue weighted by atomic mass is 9.84. The quantitative estimate of drug-likeness (QED) is 0.174. The SMILES string of the molecule is C/C=C\C(=C/C)n1c2ccncc2c2cc(-c3cccc(-c4cc(-c5ccccn5)nc(C5C=c6ccccc6=CC5C)c4)c3)ccc21. The topological polar surface area (TPSA) is 43.6 Å². The van der Waals surface area contributed by atoms with E-state index in [1.54, 1.807) is 0 Å². The molecular formula is C44H36N4. The predicted octanol–water partition coefficient (Wildman–Crippen LogP) is 9.41. The second-order valence-corrected chi connectivity index (χ2v) is 12.5. The average Bonchev–Trinajstić information content (AvgIpc) is 3.47. The monoisotopic (exact) mass is 620 g/mol. The highest BCUT2D eigenvalue weighted by Crippen LogP contribution is 2.37. The van der Waals surface area contributed by atoms with Crippen molar-refractivity contribution in [2.75, 3.05) is 0 Å². The standard InChI is InChI=1S/C44H36N4/c1-4-11-36(5-2)48-43-18-17-34(25-38(43)39-28-45-21-19-44(39)48)31-14-10-15-32(23-31)35-26-41(47-42(27-35)40-16-8-9-20-46-40)37-24-33-13-7-6-12-30(33)22-29(37)3/h4-29,37H,1-3H3/b11-4-,36-5+. The first-order chi connectivity index (χ1) is 23.6. The number of fused-ring (bicyclic) bond motifs is 4. The zero-order valence-electron chi connectivity index (χ0n) is 27.4. The first-order valence-electron chi connectivity index (χ1n) is 16.6. The van der Waals surface area contributed by atoms with Crippen molar-refractivity contribution in [2.45, 2.75) is 26.7 Å². The number of pyridine rings is 3. The molecule has 0 amide bonds. The van der Waals surface area contributed by atoms with Gasteiger partial charge in [0.15, 0.2) is 0 Å². The first-order valence-corrected chi connectivity index (χ1v) is 16.6. The van der Waals surface area contributed by atoms with Gasteiger partial charge < -0.3 is 4.57 Å². The van der Waals surface area contributed by atoms with Crippen LogP contribution < -0.4 is 10.4 Å². The van der Waals surface area contributed by atoms with Gasteiger partial charge >= 0.3 is 0 Å². The fraction of sp³-hybridized carbons (Fsp3) is 0.114. The Hall–Kier alpha value is -5.87. The molecule has 1 aliphatic carbocycles. The van der Waals surface area contributed by atoms with Crippen LogP contribution in [0.25, 0.3) is 73.3 Å². The summed E-state index contributed by atoms with van der Waals surface area (Å²) in [5, 5.41) is 4.87. The van der Waals surface area contributed by atoms with Crippen LogP contribution in [0.15, 0.2) is 140 Å². The summed E-state index contributed by atoms with van der Waals surface area (Å²) >= 11 is 0. The van der Waals surface area contributed by atoms with E-state index in [2.05, 4.69) is 151 Å². The Kier molecular flexibility index (Phi) is 7.62. The molecule has 48 heavy (non-hydrogen) atoms. The van der Waals surface area contributed by atoms with Crippen molar-refractivity contribution in [3.63, 3.8) is 0 Å². The van der Waals surface area contributed by atoms with E-state index in [-0.39, 0.29) is 5.92 Å². The Morgan fingerprint density at radius 1 is 0.667 bits per heavy atom. The number of nitrogens with zero attached hydrogens (tertiary/aromatic N) is 4. The highest BCUT2D eigenvalue weighted by Gasteiger charge is 2.22. The maximum Gasteiger partial charge on any atom is 0.0895 e. The molecule has 0 saturated heterocycles. The predicted molar refractivity (Wildman–Crippen MR) is 200 cm³/mol. The number of hydrogen-bond donors (Lipinski definition) is 0. The minimum absolute atomic E-state index is 0.156. The van der Waals surface area contributed by atoms with Crippen LogP contribution in [0.3, 0.4) is 0 Å². The van der Waals surface area contributed by atoms with Gasteiger partial charge in [-0.1, -0.05) is 85.8 Å². The molecule has 0 saturated carbocycles. The van der Waals surface area contributed by atoms with E-state index in [4.69, 9.17) is 4.98 Å². The van der Waals surface area contributed by atoms with E-state index in [1.807, 2.05) is 36.8 Å². The number of aromatic nitrogens is 4. The molecule has 8 rings (SSSR count). The number of rotatable bonds is 6. The average molecular weight is 621 g/mol. The maximum absolute atomic E-state index is 5.23. The van der Waals surface area contributed by atoms with Crippen molar-refractivity contribution in [3.05, 3.63) is 156 Å². The van der Waals surface area contributed by atoms with Crippen LogP contribution in [0, 0.1) is 5.92 Å². The molecular weight excluding hydrogens is 585 g/mol. The van der Waals surface area contributed by atoms with E-state index in [1.165, 1.54) is 26.9 Å². The molecule has 232 valence electrons. The lowest BCUT2D eigenvalue weighted by molar-refractivity contribution is 0.676. The van der Waals surface area contributed by atoms with E-state index >= 15 is 0 Å². The molecule has 0 N–H and O–H groups in total. The molecule has 4 aromatic heterocycles. The molecule has 0 spiro atoms. The third-order valence-electron chi connectivity index (χ3n) is 9.47. The van der Waals surface area contributed by atoms with Gasteiger partial charge in [0.2, 0.25) is 0 Å². The molecule has 7 aromatic rings. The summed E-state index contributed by atoms with van der Waals surface area (Å²) in [4.78, 5) is 14.4. The van der Waals surface area contributed by atoms with E-state index < -0.39 is 0 Å². The summed E-state index contributed by atoms with van der Waals surface area (Å²) in [5.74, 6) is 0.466. The zero-order valence-corrected chi connectivity index (χ0v) is 27.4. The van der Waals surface area contributed by atoms with Gasteiger partial charge in [-0.3, -0.25) is 15.0 Å². The molecule has 2 unspecified atom stereocenters. The Balaban J connectivity index is 1.26. The lowest BCUT2D eigenvalue weighted by Crippen LogP contribution is -2.31. The second kappa shape index (κ2) is 12.4. The third kappa shape index (κ3) is 5.26. The minimum Gasteiger partial charge on any atom is -0.309 e. The maximum atomic E-state index is 5.23. The van der Waals surface area contributed by atoms with Crippen molar-refractivity contribution < 1.29 is 0 Å². The molecule has 3 aromatic carbocycles. The van der Waals surface area contributed by atoms with Crippen LogP contribution in [0.2, 0.25) is 0 Å². The van der Waals surface area contributed by atoms with Crippen molar-refractivity contribution in [1.82, 2.24) is 19.5 Å². The van der Waals surface area contributed by atoms with Gasteiger partial charge in [-0.05, 0) is 107 Å². The summed E-state index contributed by atoms with van der Waals surface area (Å²) in [7, 11) is 0. The van der Waals surface area contributed by atoms with Crippen molar-refractivity contribution in [3.8, 4) is 33.6 Å². The van der Waals surface area contributed by atoms with Crippen molar-refractivity contribution in [2.24, 2.45) is 5.92 Å². The van der Waals surface area contributed by atoms with Gasteiger partial charge in [-0.25, -0.2) is 0 Å². The van der Waals surface area contributed by atoms with E-state index in [0.29, 0.717) is 5.92 Å². The summed E-state index contributed by atoms with van der Waals surface area (Å²) in [5.41, 5.74) is 10.9. The highest BCUT2D eigenvalue weighted by molar-refractivity contribution is 6.11.